The van der Waals surface area contributed by atoms with Crippen LogP contribution in [0.3, 0.4) is 0 Å². The lowest BCUT2D eigenvalue weighted by molar-refractivity contribution is 0.150. The van der Waals surface area contributed by atoms with Crippen molar-refractivity contribution < 1.29 is 0 Å². The van der Waals surface area contributed by atoms with Crippen LogP contribution in [0.5, 0.6) is 0 Å². The summed E-state index contributed by atoms with van der Waals surface area (Å²) < 4.78 is 0. The van der Waals surface area contributed by atoms with Gasteiger partial charge in [-0.3, -0.25) is 0 Å². The van der Waals surface area contributed by atoms with Crippen LogP contribution < -0.4 is 5.32 Å². The Morgan fingerprint density at radius 3 is 3.00 bits per heavy atom. The number of rotatable bonds is 6. The van der Waals surface area contributed by atoms with E-state index in [9.17, 15) is 0 Å². The van der Waals surface area contributed by atoms with Gasteiger partial charge in [0.2, 0.25) is 0 Å². The quantitative estimate of drug-likeness (QED) is 0.799. The maximum Gasteiger partial charge on any atom is 0.00793 e. The third-order valence-corrected chi connectivity index (χ3v) is 5.77. The summed E-state index contributed by atoms with van der Waals surface area (Å²) in [7, 11) is 0. The third-order valence-electron chi connectivity index (χ3n) is 4.54. The molecule has 0 radical (unpaired) electrons. The molecule has 2 nitrogen and oxygen atoms in total. The molecule has 0 amide bonds. The van der Waals surface area contributed by atoms with E-state index in [1.54, 1.807) is 0 Å². The average molecular weight is 270 g/mol. The van der Waals surface area contributed by atoms with Gasteiger partial charge in [0.25, 0.3) is 0 Å². The highest BCUT2D eigenvalue weighted by atomic mass is 32.2. The van der Waals surface area contributed by atoms with E-state index in [-0.39, 0.29) is 0 Å². The van der Waals surface area contributed by atoms with Crippen molar-refractivity contribution in [3.8, 4) is 0 Å². The van der Waals surface area contributed by atoms with Crippen LogP contribution in [-0.4, -0.2) is 48.6 Å². The molecular formula is C15H30N2S. The van der Waals surface area contributed by atoms with Crippen LogP contribution in [0.4, 0.5) is 0 Å². The van der Waals surface area contributed by atoms with Crippen molar-refractivity contribution in [3.63, 3.8) is 0 Å². The second-order valence-corrected chi connectivity index (χ2v) is 7.28. The molecule has 3 unspecified atom stereocenters. The molecule has 3 heteroatoms. The molecule has 2 aliphatic rings. The van der Waals surface area contributed by atoms with Gasteiger partial charge in [0.1, 0.15) is 0 Å². The maximum absolute atomic E-state index is 3.82. The minimum absolute atomic E-state index is 0.704. The largest absolute Gasteiger partial charge is 0.314 e. The van der Waals surface area contributed by atoms with E-state index in [0.29, 0.717) is 6.04 Å². The minimum atomic E-state index is 0.704. The zero-order chi connectivity index (χ0) is 12.8. The first-order valence-electron chi connectivity index (χ1n) is 7.83. The Morgan fingerprint density at radius 1 is 1.39 bits per heavy atom. The van der Waals surface area contributed by atoms with Gasteiger partial charge in [-0.05, 0) is 75.6 Å². The lowest BCUT2D eigenvalue weighted by Crippen LogP contribution is -2.45. The van der Waals surface area contributed by atoms with Crippen LogP contribution in [0.25, 0.3) is 0 Å². The zero-order valence-corrected chi connectivity index (χ0v) is 13.0. The smallest absolute Gasteiger partial charge is 0.00793 e. The molecular weight excluding hydrogens is 240 g/mol. The second-order valence-electron chi connectivity index (χ2n) is 6.13. The Labute approximate surface area is 117 Å². The molecule has 0 spiro atoms. The van der Waals surface area contributed by atoms with Crippen molar-refractivity contribution in [2.45, 2.75) is 45.6 Å². The Morgan fingerprint density at radius 2 is 2.28 bits per heavy atom. The maximum atomic E-state index is 3.82. The lowest BCUT2D eigenvalue weighted by atomic mass is 9.91. The number of nitrogens with one attached hydrogen (secondary N) is 1. The van der Waals surface area contributed by atoms with Gasteiger partial charge in [0, 0.05) is 12.6 Å². The van der Waals surface area contributed by atoms with E-state index in [1.165, 1.54) is 63.4 Å². The van der Waals surface area contributed by atoms with Crippen molar-refractivity contribution in [2.24, 2.45) is 11.8 Å². The van der Waals surface area contributed by atoms with E-state index in [1.807, 2.05) is 0 Å². The molecule has 18 heavy (non-hydrogen) atoms. The van der Waals surface area contributed by atoms with E-state index in [0.717, 1.165) is 11.8 Å². The van der Waals surface area contributed by atoms with Gasteiger partial charge in [-0.1, -0.05) is 6.92 Å². The zero-order valence-electron chi connectivity index (χ0n) is 12.2. The van der Waals surface area contributed by atoms with Crippen LogP contribution >= 0.6 is 11.8 Å². The van der Waals surface area contributed by atoms with E-state index < -0.39 is 0 Å². The molecule has 106 valence electrons. The topological polar surface area (TPSA) is 15.3 Å². The van der Waals surface area contributed by atoms with Gasteiger partial charge in [-0.2, -0.15) is 11.8 Å². The number of hydrogen-bond donors (Lipinski definition) is 1. The molecule has 2 fully saturated rings. The van der Waals surface area contributed by atoms with Gasteiger partial charge in [-0.15, -0.1) is 0 Å². The molecule has 0 aliphatic carbocycles. The fourth-order valence-corrected chi connectivity index (χ4v) is 4.57. The SMILES string of the molecule is CCCN1CCCC(C(C)NCC2CCSC2)C1. The van der Waals surface area contributed by atoms with Crippen molar-refractivity contribution in [1.82, 2.24) is 10.2 Å². The molecule has 0 aromatic rings. The molecule has 1 N–H and O–H groups in total. The Bertz CT molecular complexity index is 227. The fraction of sp³-hybridized carbons (Fsp3) is 1.00. The number of likely N-dealkylation sites (tertiary alicyclic amines) is 1. The Hall–Kier alpha value is 0.270. The molecule has 2 rings (SSSR count). The van der Waals surface area contributed by atoms with E-state index >= 15 is 0 Å². The Balaban J connectivity index is 1.68. The number of piperidine rings is 1. The molecule has 2 heterocycles. The van der Waals surface area contributed by atoms with Crippen LogP contribution in [0.1, 0.15) is 39.5 Å². The third kappa shape index (κ3) is 4.43. The number of hydrogen-bond acceptors (Lipinski definition) is 3. The summed E-state index contributed by atoms with van der Waals surface area (Å²) in [6, 6.07) is 0.704. The summed E-state index contributed by atoms with van der Waals surface area (Å²) in [6.07, 6.45) is 5.55. The normalized spacial score (nSPS) is 31.7. The Kier molecular flexibility index (Phi) is 6.33. The lowest BCUT2D eigenvalue weighted by Gasteiger charge is -2.36. The van der Waals surface area contributed by atoms with Crippen molar-refractivity contribution in [1.29, 1.82) is 0 Å². The summed E-state index contributed by atoms with van der Waals surface area (Å²) in [5.41, 5.74) is 0. The molecule has 0 bridgehead atoms. The van der Waals surface area contributed by atoms with Gasteiger partial charge >= 0.3 is 0 Å². The summed E-state index contributed by atoms with van der Waals surface area (Å²) in [5.74, 6) is 4.58. The van der Waals surface area contributed by atoms with Gasteiger partial charge in [0.15, 0.2) is 0 Å². The highest BCUT2D eigenvalue weighted by molar-refractivity contribution is 7.99. The molecule has 0 saturated carbocycles. The van der Waals surface area contributed by atoms with Gasteiger partial charge < -0.3 is 10.2 Å². The fourth-order valence-electron chi connectivity index (χ4n) is 3.28. The van der Waals surface area contributed by atoms with Crippen LogP contribution in [0.2, 0.25) is 0 Å². The van der Waals surface area contributed by atoms with Crippen LogP contribution in [-0.2, 0) is 0 Å². The second kappa shape index (κ2) is 7.76. The standard InChI is InChI=1S/C15H30N2S/c1-3-7-17-8-4-5-15(11-17)13(2)16-10-14-6-9-18-12-14/h13-16H,3-12H2,1-2H3. The summed E-state index contributed by atoms with van der Waals surface area (Å²) in [6.45, 7) is 9.89. The van der Waals surface area contributed by atoms with E-state index in [2.05, 4.69) is 35.8 Å². The summed E-state index contributed by atoms with van der Waals surface area (Å²) >= 11 is 2.13. The van der Waals surface area contributed by atoms with Crippen LogP contribution in [0.15, 0.2) is 0 Å². The molecule has 3 atom stereocenters. The van der Waals surface area contributed by atoms with Crippen molar-refractivity contribution in [3.05, 3.63) is 0 Å². The number of thioether (sulfide) groups is 1. The monoisotopic (exact) mass is 270 g/mol. The van der Waals surface area contributed by atoms with Crippen LogP contribution in [0, 0.1) is 11.8 Å². The predicted molar refractivity (Wildman–Crippen MR) is 82.4 cm³/mol. The average Bonchev–Trinajstić information content (AvgIpc) is 2.90. The van der Waals surface area contributed by atoms with Gasteiger partial charge in [0.05, 0.1) is 0 Å². The molecule has 2 aliphatic heterocycles. The molecule has 0 aromatic carbocycles. The van der Waals surface area contributed by atoms with Crippen molar-refractivity contribution in [2.75, 3.05) is 37.7 Å². The highest BCUT2D eigenvalue weighted by Crippen LogP contribution is 2.24. The first kappa shape index (κ1) is 14.7. The minimum Gasteiger partial charge on any atom is -0.314 e. The predicted octanol–water partition coefficient (Wildman–Crippen LogP) is 2.84. The van der Waals surface area contributed by atoms with Crippen molar-refractivity contribution >= 4 is 11.8 Å². The molecule has 0 aromatic heterocycles. The summed E-state index contributed by atoms with van der Waals surface area (Å²) in [5, 5.41) is 3.82. The number of nitrogens with zero attached hydrogens (tertiary/aromatic N) is 1. The summed E-state index contributed by atoms with van der Waals surface area (Å²) in [4.78, 5) is 2.66. The van der Waals surface area contributed by atoms with Gasteiger partial charge in [-0.25, -0.2) is 0 Å². The first-order chi connectivity index (χ1) is 8.79. The highest BCUT2D eigenvalue weighted by Gasteiger charge is 2.25. The molecule has 2 saturated heterocycles. The first-order valence-corrected chi connectivity index (χ1v) is 8.98. The van der Waals surface area contributed by atoms with E-state index in [4.69, 9.17) is 0 Å².